The van der Waals surface area contributed by atoms with Crippen LogP contribution in [-0.4, -0.2) is 35.3 Å². The van der Waals surface area contributed by atoms with Gasteiger partial charge in [-0.1, -0.05) is 0 Å². The number of urea groups is 1. The van der Waals surface area contributed by atoms with Crippen molar-refractivity contribution in [1.29, 1.82) is 0 Å². The van der Waals surface area contributed by atoms with E-state index in [4.69, 9.17) is 0 Å². The summed E-state index contributed by atoms with van der Waals surface area (Å²) in [4.78, 5) is 18.9. The SMILES string of the molecule is CNC(=O)NCCSCc1cnccn1. The van der Waals surface area contributed by atoms with E-state index in [9.17, 15) is 4.79 Å². The molecule has 0 fully saturated rings. The Morgan fingerprint density at radius 2 is 2.40 bits per heavy atom. The van der Waals surface area contributed by atoms with Crippen molar-refractivity contribution in [2.45, 2.75) is 5.75 Å². The molecule has 2 amide bonds. The van der Waals surface area contributed by atoms with Crippen LogP contribution >= 0.6 is 11.8 Å². The van der Waals surface area contributed by atoms with E-state index in [1.54, 1.807) is 37.4 Å². The molecule has 0 atom stereocenters. The number of carbonyl (C=O) groups is 1. The molecule has 0 spiro atoms. The number of carbonyl (C=O) groups excluding carboxylic acids is 1. The maximum absolute atomic E-state index is 10.8. The van der Waals surface area contributed by atoms with Crippen LogP contribution in [0.5, 0.6) is 0 Å². The van der Waals surface area contributed by atoms with Gasteiger partial charge in [-0.05, 0) is 0 Å². The van der Waals surface area contributed by atoms with E-state index in [1.807, 2.05) is 0 Å². The van der Waals surface area contributed by atoms with Crippen LogP contribution in [0.4, 0.5) is 4.79 Å². The van der Waals surface area contributed by atoms with Gasteiger partial charge in [-0.25, -0.2) is 4.79 Å². The Morgan fingerprint density at radius 1 is 1.53 bits per heavy atom. The molecule has 0 aliphatic rings. The topological polar surface area (TPSA) is 66.9 Å². The Balaban J connectivity index is 2.05. The average Bonchev–Trinajstić information content (AvgIpc) is 2.29. The van der Waals surface area contributed by atoms with Crippen LogP contribution in [0.2, 0.25) is 0 Å². The van der Waals surface area contributed by atoms with Crippen LogP contribution in [0.15, 0.2) is 18.6 Å². The molecule has 0 bridgehead atoms. The van der Waals surface area contributed by atoms with Crippen molar-refractivity contribution in [1.82, 2.24) is 20.6 Å². The third-order valence-electron chi connectivity index (χ3n) is 1.63. The van der Waals surface area contributed by atoms with Crippen molar-refractivity contribution in [3.63, 3.8) is 0 Å². The van der Waals surface area contributed by atoms with E-state index >= 15 is 0 Å². The third-order valence-corrected chi connectivity index (χ3v) is 2.62. The van der Waals surface area contributed by atoms with Gasteiger partial charge in [0.05, 0.1) is 5.69 Å². The van der Waals surface area contributed by atoms with Gasteiger partial charge in [0.25, 0.3) is 0 Å². The Bertz CT molecular complexity index is 293. The fourth-order valence-corrected chi connectivity index (χ4v) is 1.66. The number of amides is 2. The number of rotatable bonds is 5. The van der Waals surface area contributed by atoms with Crippen molar-refractivity contribution in [2.75, 3.05) is 19.3 Å². The van der Waals surface area contributed by atoms with Crippen LogP contribution in [0.1, 0.15) is 5.69 Å². The smallest absolute Gasteiger partial charge is 0.314 e. The monoisotopic (exact) mass is 226 g/mol. The Kier molecular flexibility index (Phi) is 5.54. The standard InChI is InChI=1S/C9H14N4OS/c1-10-9(14)13-4-5-15-7-8-6-11-2-3-12-8/h2-3,6H,4-5,7H2,1H3,(H2,10,13,14). The van der Waals surface area contributed by atoms with Gasteiger partial charge in [0.2, 0.25) is 0 Å². The predicted octanol–water partition coefficient (Wildman–Crippen LogP) is 0.639. The highest BCUT2D eigenvalue weighted by Crippen LogP contribution is 2.06. The molecule has 82 valence electrons. The van der Waals surface area contributed by atoms with E-state index in [1.165, 1.54) is 0 Å². The number of hydrogen-bond acceptors (Lipinski definition) is 4. The second-order valence-corrected chi connectivity index (χ2v) is 3.86. The summed E-state index contributed by atoms with van der Waals surface area (Å²) in [6, 6.07) is -0.143. The number of thioether (sulfide) groups is 1. The first-order valence-corrected chi connectivity index (χ1v) is 5.76. The van der Waals surface area contributed by atoms with Gasteiger partial charge in [-0.3, -0.25) is 9.97 Å². The van der Waals surface area contributed by atoms with E-state index < -0.39 is 0 Å². The molecule has 0 saturated carbocycles. The van der Waals surface area contributed by atoms with Gasteiger partial charge < -0.3 is 10.6 Å². The van der Waals surface area contributed by atoms with E-state index in [0.717, 1.165) is 17.2 Å². The summed E-state index contributed by atoms with van der Waals surface area (Å²) in [6.07, 6.45) is 5.08. The van der Waals surface area contributed by atoms with Gasteiger partial charge in [-0.15, -0.1) is 0 Å². The minimum Gasteiger partial charge on any atom is -0.341 e. The molecule has 0 unspecified atom stereocenters. The van der Waals surface area contributed by atoms with E-state index in [0.29, 0.717) is 6.54 Å². The molecule has 0 saturated heterocycles. The lowest BCUT2D eigenvalue weighted by molar-refractivity contribution is 0.243. The number of nitrogens with zero attached hydrogens (tertiary/aromatic N) is 2. The van der Waals surface area contributed by atoms with Crippen LogP contribution in [0.3, 0.4) is 0 Å². The highest BCUT2D eigenvalue weighted by atomic mass is 32.2. The summed E-state index contributed by atoms with van der Waals surface area (Å²) in [5, 5.41) is 5.20. The normalized spacial score (nSPS) is 9.67. The van der Waals surface area contributed by atoms with E-state index in [2.05, 4.69) is 20.6 Å². The molecule has 0 aliphatic heterocycles. The van der Waals surface area contributed by atoms with Gasteiger partial charge in [0.1, 0.15) is 0 Å². The van der Waals surface area contributed by atoms with Gasteiger partial charge in [0, 0.05) is 43.7 Å². The summed E-state index contributed by atoms with van der Waals surface area (Å²) in [5.74, 6) is 1.69. The number of nitrogens with one attached hydrogen (secondary N) is 2. The molecule has 0 aromatic carbocycles. The van der Waals surface area contributed by atoms with Crippen molar-refractivity contribution in [2.24, 2.45) is 0 Å². The molecule has 5 nitrogen and oxygen atoms in total. The minimum absolute atomic E-state index is 0.143. The quantitative estimate of drug-likeness (QED) is 0.723. The molecule has 1 aromatic rings. The molecule has 0 radical (unpaired) electrons. The fourth-order valence-electron chi connectivity index (χ4n) is 0.906. The minimum atomic E-state index is -0.143. The van der Waals surface area contributed by atoms with Crippen LogP contribution < -0.4 is 10.6 Å². The molecule has 1 rings (SSSR count). The second-order valence-electron chi connectivity index (χ2n) is 2.76. The van der Waals surface area contributed by atoms with Crippen molar-refractivity contribution in [3.05, 3.63) is 24.3 Å². The Morgan fingerprint density at radius 3 is 3.07 bits per heavy atom. The number of hydrogen-bond donors (Lipinski definition) is 2. The zero-order valence-corrected chi connectivity index (χ0v) is 9.38. The lowest BCUT2D eigenvalue weighted by Crippen LogP contribution is -2.34. The van der Waals surface area contributed by atoms with Crippen molar-refractivity contribution < 1.29 is 4.79 Å². The third kappa shape index (κ3) is 5.21. The first-order valence-electron chi connectivity index (χ1n) is 4.61. The number of aromatic nitrogens is 2. The maximum atomic E-state index is 10.8. The summed E-state index contributed by atoms with van der Waals surface area (Å²) < 4.78 is 0. The lowest BCUT2D eigenvalue weighted by Gasteiger charge is -2.03. The maximum Gasteiger partial charge on any atom is 0.314 e. The molecule has 2 N–H and O–H groups in total. The fraction of sp³-hybridized carbons (Fsp3) is 0.444. The van der Waals surface area contributed by atoms with Gasteiger partial charge in [0.15, 0.2) is 0 Å². The summed E-state index contributed by atoms with van der Waals surface area (Å²) in [7, 11) is 1.60. The predicted molar refractivity (Wildman–Crippen MR) is 60.7 cm³/mol. The largest absolute Gasteiger partial charge is 0.341 e. The first kappa shape index (κ1) is 11.8. The van der Waals surface area contributed by atoms with Crippen LogP contribution in [0, 0.1) is 0 Å². The molecule has 1 heterocycles. The highest BCUT2D eigenvalue weighted by molar-refractivity contribution is 7.98. The lowest BCUT2D eigenvalue weighted by atomic mass is 10.5. The summed E-state index contributed by atoms with van der Waals surface area (Å²) in [5.41, 5.74) is 0.961. The average molecular weight is 226 g/mol. The highest BCUT2D eigenvalue weighted by Gasteiger charge is 1.96. The zero-order valence-electron chi connectivity index (χ0n) is 8.56. The summed E-state index contributed by atoms with van der Waals surface area (Å²) >= 11 is 1.71. The van der Waals surface area contributed by atoms with E-state index in [-0.39, 0.29) is 6.03 Å². The first-order chi connectivity index (χ1) is 7.33. The molecule has 0 aliphatic carbocycles. The Labute approximate surface area is 93.1 Å². The van der Waals surface area contributed by atoms with Gasteiger partial charge in [-0.2, -0.15) is 11.8 Å². The molecule has 15 heavy (non-hydrogen) atoms. The Hall–Kier alpha value is -1.30. The molecular weight excluding hydrogens is 212 g/mol. The zero-order chi connectivity index (χ0) is 10.9. The van der Waals surface area contributed by atoms with Crippen molar-refractivity contribution in [3.8, 4) is 0 Å². The molecule has 6 heteroatoms. The second kappa shape index (κ2) is 7.05. The molecule has 1 aromatic heterocycles. The van der Waals surface area contributed by atoms with Crippen molar-refractivity contribution >= 4 is 17.8 Å². The summed E-state index contributed by atoms with van der Waals surface area (Å²) in [6.45, 7) is 0.657. The van der Waals surface area contributed by atoms with Crippen LogP contribution in [-0.2, 0) is 5.75 Å². The van der Waals surface area contributed by atoms with Crippen LogP contribution in [0.25, 0.3) is 0 Å². The van der Waals surface area contributed by atoms with Gasteiger partial charge >= 0.3 is 6.03 Å². The molecular formula is C9H14N4OS.